The van der Waals surface area contributed by atoms with Gasteiger partial charge >= 0.3 is 5.69 Å². The van der Waals surface area contributed by atoms with Gasteiger partial charge in [-0.2, -0.15) is 0 Å². The Kier molecular flexibility index (Phi) is 8.89. The number of carbonyl (C=O) groups excluding carboxylic acids is 2. The maximum Gasteiger partial charge on any atom is 0.312 e. The summed E-state index contributed by atoms with van der Waals surface area (Å²) in [5.74, 6) is -1.07. The standard InChI is InChI=1S/C24H28N4O9S/c29-23(16-26-8-11-35-12-9-26)27-10-13-36-19(15-27)17-37-22-7-6-20(14-21(22)28(31)32)38(33,34)25-24(30)18-4-2-1-3-5-18/h1-7,14,19H,8-13,15-17H2,(H,25,30). The Balaban J connectivity index is 1.38. The van der Waals surface area contributed by atoms with Gasteiger partial charge in [0, 0.05) is 31.3 Å². The molecule has 0 aliphatic carbocycles. The first-order valence-corrected chi connectivity index (χ1v) is 13.4. The van der Waals surface area contributed by atoms with E-state index in [0.29, 0.717) is 39.5 Å². The third kappa shape index (κ3) is 7.04. The van der Waals surface area contributed by atoms with Crippen LogP contribution in [0.2, 0.25) is 0 Å². The van der Waals surface area contributed by atoms with Crippen LogP contribution >= 0.6 is 0 Å². The normalized spacial score (nSPS) is 18.5. The van der Waals surface area contributed by atoms with Gasteiger partial charge in [0.25, 0.3) is 15.9 Å². The summed E-state index contributed by atoms with van der Waals surface area (Å²) in [6, 6.07) is 10.8. The summed E-state index contributed by atoms with van der Waals surface area (Å²) in [4.78, 5) is 39.1. The first kappa shape index (κ1) is 27.4. The summed E-state index contributed by atoms with van der Waals surface area (Å²) in [5, 5.41) is 11.7. The van der Waals surface area contributed by atoms with Crippen LogP contribution in [-0.2, 0) is 24.3 Å². The van der Waals surface area contributed by atoms with Gasteiger partial charge < -0.3 is 19.1 Å². The summed E-state index contributed by atoms with van der Waals surface area (Å²) in [6.45, 7) is 3.73. The second-order valence-corrected chi connectivity index (χ2v) is 10.4. The van der Waals surface area contributed by atoms with Crippen LogP contribution < -0.4 is 9.46 Å². The lowest BCUT2D eigenvalue weighted by atomic mass is 10.2. The smallest absolute Gasteiger partial charge is 0.312 e. The summed E-state index contributed by atoms with van der Waals surface area (Å²) in [7, 11) is -4.39. The number of carbonyl (C=O) groups is 2. The van der Waals surface area contributed by atoms with Gasteiger partial charge in [-0.3, -0.25) is 24.6 Å². The molecule has 2 fully saturated rings. The predicted molar refractivity (Wildman–Crippen MR) is 133 cm³/mol. The van der Waals surface area contributed by atoms with E-state index in [4.69, 9.17) is 14.2 Å². The van der Waals surface area contributed by atoms with Crippen molar-refractivity contribution in [2.24, 2.45) is 0 Å². The first-order chi connectivity index (χ1) is 18.2. The number of morpholine rings is 2. The lowest BCUT2D eigenvalue weighted by molar-refractivity contribution is -0.386. The van der Waals surface area contributed by atoms with Gasteiger partial charge in [-0.15, -0.1) is 0 Å². The number of sulfonamides is 1. The molecule has 2 aliphatic rings. The molecule has 0 saturated carbocycles. The third-order valence-electron chi connectivity index (χ3n) is 6.08. The van der Waals surface area contributed by atoms with Gasteiger partial charge in [0.15, 0.2) is 5.75 Å². The zero-order chi connectivity index (χ0) is 27.1. The van der Waals surface area contributed by atoms with E-state index in [1.54, 1.807) is 23.1 Å². The number of hydrogen-bond donors (Lipinski definition) is 1. The Morgan fingerprint density at radius 3 is 2.53 bits per heavy atom. The Hall–Kier alpha value is -3.59. The summed E-state index contributed by atoms with van der Waals surface area (Å²) < 4.78 is 43.9. The maximum atomic E-state index is 12.7. The number of benzene rings is 2. The second kappa shape index (κ2) is 12.3. The number of nitro groups is 1. The Morgan fingerprint density at radius 2 is 1.82 bits per heavy atom. The fourth-order valence-corrected chi connectivity index (χ4v) is 5.03. The molecule has 1 unspecified atom stereocenters. The lowest BCUT2D eigenvalue weighted by Gasteiger charge is -2.35. The molecule has 13 nitrogen and oxygen atoms in total. The van der Waals surface area contributed by atoms with Gasteiger partial charge in [-0.05, 0) is 24.3 Å². The minimum Gasteiger partial charge on any atom is -0.484 e. The minimum atomic E-state index is -4.39. The van der Waals surface area contributed by atoms with Gasteiger partial charge in [-0.1, -0.05) is 18.2 Å². The van der Waals surface area contributed by atoms with E-state index < -0.39 is 37.5 Å². The highest BCUT2D eigenvalue weighted by molar-refractivity contribution is 7.90. The quantitative estimate of drug-likeness (QED) is 0.348. The molecule has 0 bridgehead atoms. The number of hydrogen-bond acceptors (Lipinski definition) is 10. The maximum absolute atomic E-state index is 12.7. The van der Waals surface area contributed by atoms with Crippen molar-refractivity contribution < 1.29 is 37.1 Å². The van der Waals surface area contributed by atoms with Crippen molar-refractivity contribution in [1.29, 1.82) is 0 Å². The molecule has 2 aromatic rings. The van der Waals surface area contributed by atoms with Crippen LogP contribution in [0.15, 0.2) is 53.4 Å². The average Bonchev–Trinajstić information content (AvgIpc) is 2.92. The fourth-order valence-electron chi connectivity index (χ4n) is 4.04. The van der Waals surface area contributed by atoms with Crippen molar-refractivity contribution in [3.05, 3.63) is 64.2 Å². The Morgan fingerprint density at radius 1 is 1.08 bits per heavy atom. The molecule has 0 radical (unpaired) electrons. The molecule has 2 saturated heterocycles. The van der Waals surface area contributed by atoms with E-state index in [1.165, 1.54) is 12.1 Å². The lowest BCUT2D eigenvalue weighted by Crippen LogP contribution is -2.51. The van der Waals surface area contributed by atoms with Crippen LogP contribution in [0.3, 0.4) is 0 Å². The molecule has 1 N–H and O–H groups in total. The number of ether oxygens (including phenoxy) is 3. The van der Waals surface area contributed by atoms with E-state index in [2.05, 4.69) is 0 Å². The molecule has 0 spiro atoms. The van der Waals surface area contributed by atoms with Gasteiger partial charge in [0.1, 0.15) is 12.7 Å². The van der Waals surface area contributed by atoms with Crippen LogP contribution in [-0.4, -0.2) is 100 Å². The SMILES string of the molecule is O=C(NS(=O)(=O)c1ccc(OCC2CN(C(=O)CN3CCOCC3)CCO2)c([N+](=O)[O-])c1)c1ccccc1. The van der Waals surface area contributed by atoms with Crippen molar-refractivity contribution in [2.75, 3.05) is 59.2 Å². The molecular weight excluding hydrogens is 520 g/mol. The number of rotatable bonds is 9. The summed E-state index contributed by atoms with van der Waals surface area (Å²) >= 11 is 0. The van der Waals surface area contributed by atoms with Gasteiger partial charge in [-0.25, -0.2) is 13.1 Å². The third-order valence-corrected chi connectivity index (χ3v) is 7.41. The molecule has 2 heterocycles. The highest BCUT2D eigenvalue weighted by atomic mass is 32.2. The highest BCUT2D eigenvalue weighted by Crippen LogP contribution is 2.30. The molecule has 0 aromatic heterocycles. The first-order valence-electron chi connectivity index (χ1n) is 12.0. The Bertz CT molecular complexity index is 1270. The van der Waals surface area contributed by atoms with E-state index in [9.17, 15) is 28.1 Å². The molecule has 38 heavy (non-hydrogen) atoms. The average molecular weight is 549 g/mol. The minimum absolute atomic E-state index is 0.0433. The topological polar surface area (TPSA) is 158 Å². The molecule has 2 aromatic carbocycles. The molecule has 2 amide bonds. The van der Waals surface area contributed by atoms with Crippen molar-refractivity contribution >= 4 is 27.5 Å². The summed E-state index contributed by atoms with van der Waals surface area (Å²) in [6.07, 6.45) is -0.523. The fraction of sp³-hybridized carbons (Fsp3) is 0.417. The molecule has 1 atom stereocenters. The van der Waals surface area contributed by atoms with Crippen molar-refractivity contribution in [3.63, 3.8) is 0 Å². The predicted octanol–water partition coefficient (Wildman–Crippen LogP) is 0.652. The molecule has 204 valence electrons. The molecular formula is C24H28N4O9S. The van der Waals surface area contributed by atoms with Crippen LogP contribution in [0, 0.1) is 10.1 Å². The zero-order valence-corrected chi connectivity index (χ0v) is 21.3. The molecule has 14 heteroatoms. The van der Waals surface area contributed by atoms with Gasteiger partial charge in [0.05, 0.1) is 42.7 Å². The number of nitrogens with zero attached hydrogens (tertiary/aromatic N) is 3. The zero-order valence-electron chi connectivity index (χ0n) is 20.5. The Labute approximate surface area is 219 Å². The summed E-state index contributed by atoms with van der Waals surface area (Å²) in [5.41, 5.74) is -0.466. The largest absolute Gasteiger partial charge is 0.484 e. The van der Waals surface area contributed by atoms with E-state index >= 15 is 0 Å². The molecule has 2 aliphatic heterocycles. The second-order valence-electron chi connectivity index (χ2n) is 8.72. The van der Waals surface area contributed by atoms with Crippen LogP contribution in [0.1, 0.15) is 10.4 Å². The van der Waals surface area contributed by atoms with E-state index in [0.717, 1.165) is 18.2 Å². The molecule has 4 rings (SSSR count). The van der Waals surface area contributed by atoms with Crippen LogP contribution in [0.25, 0.3) is 0 Å². The van der Waals surface area contributed by atoms with Crippen molar-refractivity contribution in [1.82, 2.24) is 14.5 Å². The van der Waals surface area contributed by atoms with Crippen LogP contribution in [0.4, 0.5) is 5.69 Å². The van der Waals surface area contributed by atoms with Crippen LogP contribution in [0.5, 0.6) is 5.75 Å². The monoisotopic (exact) mass is 548 g/mol. The van der Waals surface area contributed by atoms with E-state index in [-0.39, 0.29) is 36.9 Å². The van der Waals surface area contributed by atoms with Crippen molar-refractivity contribution in [3.8, 4) is 5.75 Å². The van der Waals surface area contributed by atoms with E-state index in [1.807, 2.05) is 9.62 Å². The number of nitro benzene ring substituents is 1. The van der Waals surface area contributed by atoms with Gasteiger partial charge in [0.2, 0.25) is 5.91 Å². The van der Waals surface area contributed by atoms with Crippen molar-refractivity contribution in [2.45, 2.75) is 11.0 Å². The number of nitrogens with one attached hydrogen (secondary N) is 1. The number of amides is 2. The highest BCUT2D eigenvalue weighted by Gasteiger charge is 2.28.